The maximum Gasteiger partial charge on any atom is 0.336 e. The van der Waals surface area contributed by atoms with E-state index in [0.29, 0.717) is 11.3 Å². The molecule has 0 unspecified atom stereocenters. The van der Waals surface area contributed by atoms with Crippen LogP contribution >= 0.6 is 0 Å². The van der Waals surface area contributed by atoms with Gasteiger partial charge in [-0.25, -0.2) is 4.79 Å². The van der Waals surface area contributed by atoms with Gasteiger partial charge in [0.1, 0.15) is 12.4 Å². The minimum Gasteiger partial charge on any atom is -0.497 e. The van der Waals surface area contributed by atoms with Crippen molar-refractivity contribution >= 4 is 17.6 Å². The third-order valence-corrected chi connectivity index (χ3v) is 5.24. The van der Waals surface area contributed by atoms with Gasteiger partial charge in [-0.15, -0.1) is 0 Å². The number of amides is 1. The average molecular weight is 363 g/mol. The fourth-order valence-electron chi connectivity index (χ4n) is 3.76. The first-order chi connectivity index (χ1) is 13.1. The summed E-state index contributed by atoms with van der Waals surface area (Å²) in [6.07, 6.45) is 1.17. The Balaban J connectivity index is 1.76. The summed E-state index contributed by atoms with van der Waals surface area (Å²) >= 11 is 0. The van der Waals surface area contributed by atoms with Gasteiger partial charge >= 0.3 is 5.97 Å². The van der Waals surface area contributed by atoms with E-state index in [-0.39, 0.29) is 30.8 Å². The van der Waals surface area contributed by atoms with Crippen LogP contribution in [0.1, 0.15) is 30.4 Å². The van der Waals surface area contributed by atoms with Crippen molar-refractivity contribution in [3.63, 3.8) is 0 Å². The smallest absolute Gasteiger partial charge is 0.336 e. The number of rotatable bonds is 4. The highest BCUT2D eigenvalue weighted by atomic mass is 16.5. The Kier molecular flexibility index (Phi) is 4.44. The van der Waals surface area contributed by atoms with Crippen molar-refractivity contribution in [1.82, 2.24) is 0 Å². The second-order valence-corrected chi connectivity index (χ2v) is 6.72. The molecule has 4 rings (SSSR count). The molecule has 5 heteroatoms. The van der Waals surface area contributed by atoms with E-state index in [0.717, 1.165) is 23.4 Å². The number of carbonyl (C=O) groups excluding carboxylic acids is 2. The molecule has 138 valence electrons. The molecular weight excluding hydrogens is 342 g/mol. The molecule has 0 bridgehead atoms. The highest BCUT2D eigenvalue weighted by molar-refractivity contribution is 6.06. The Morgan fingerprint density at radius 2 is 1.78 bits per heavy atom. The molecule has 0 radical (unpaired) electrons. The first-order valence-corrected chi connectivity index (χ1v) is 9.08. The monoisotopic (exact) mass is 363 g/mol. The number of nitrogens with zero attached hydrogens (tertiary/aromatic N) is 1. The summed E-state index contributed by atoms with van der Waals surface area (Å²) in [7, 11) is 1.61. The van der Waals surface area contributed by atoms with E-state index in [1.54, 1.807) is 12.0 Å². The summed E-state index contributed by atoms with van der Waals surface area (Å²) in [5, 5.41) is 0. The molecule has 2 aliphatic heterocycles. The molecule has 1 atom stereocenters. The van der Waals surface area contributed by atoms with E-state index >= 15 is 0 Å². The van der Waals surface area contributed by atoms with Gasteiger partial charge in [0.2, 0.25) is 5.91 Å². The summed E-state index contributed by atoms with van der Waals surface area (Å²) < 4.78 is 10.5. The lowest BCUT2D eigenvalue weighted by Gasteiger charge is -2.32. The van der Waals surface area contributed by atoms with Crippen LogP contribution in [0.2, 0.25) is 0 Å². The molecule has 2 aromatic rings. The van der Waals surface area contributed by atoms with Gasteiger partial charge in [0.25, 0.3) is 0 Å². The van der Waals surface area contributed by atoms with Crippen molar-refractivity contribution in [2.24, 2.45) is 0 Å². The fourth-order valence-corrected chi connectivity index (χ4v) is 3.76. The van der Waals surface area contributed by atoms with Crippen LogP contribution in [-0.2, 0) is 20.7 Å². The molecule has 0 spiro atoms. The topological polar surface area (TPSA) is 55.8 Å². The van der Waals surface area contributed by atoms with Gasteiger partial charge in [-0.3, -0.25) is 9.69 Å². The zero-order valence-corrected chi connectivity index (χ0v) is 15.4. The number of aryl methyl sites for hydroxylation is 1. The third kappa shape index (κ3) is 2.99. The van der Waals surface area contributed by atoms with E-state index < -0.39 is 0 Å². The number of benzene rings is 2. The molecule has 0 fully saturated rings. The van der Waals surface area contributed by atoms with Gasteiger partial charge in [0.15, 0.2) is 0 Å². The first kappa shape index (κ1) is 17.3. The SMILES string of the molecule is CCc1ccc(N2C(=O)C[C@@H](c3ccc(OC)cc3)C3=C2COC3=O)cc1. The first-order valence-electron chi connectivity index (χ1n) is 9.08. The van der Waals surface area contributed by atoms with Gasteiger partial charge in [-0.1, -0.05) is 31.2 Å². The Morgan fingerprint density at radius 3 is 2.41 bits per heavy atom. The van der Waals surface area contributed by atoms with Crippen molar-refractivity contribution in [2.75, 3.05) is 18.6 Å². The summed E-state index contributed by atoms with van der Waals surface area (Å²) in [6.45, 7) is 2.21. The number of carbonyl (C=O) groups is 2. The Bertz CT molecular complexity index is 912. The molecule has 5 nitrogen and oxygen atoms in total. The summed E-state index contributed by atoms with van der Waals surface area (Å²) in [6, 6.07) is 15.4. The molecule has 0 aromatic heterocycles. The number of anilines is 1. The summed E-state index contributed by atoms with van der Waals surface area (Å²) in [5.74, 6) is 0.0758. The van der Waals surface area contributed by atoms with Crippen molar-refractivity contribution in [3.8, 4) is 5.75 Å². The van der Waals surface area contributed by atoms with Crippen LogP contribution in [0.15, 0.2) is 59.8 Å². The number of methoxy groups -OCH3 is 1. The Hall–Kier alpha value is -3.08. The minimum atomic E-state index is -0.339. The lowest BCUT2D eigenvalue weighted by molar-refractivity contribution is -0.136. The van der Waals surface area contributed by atoms with E-state index in [4.69, 9.17) is 9.47 Å². The molecule has 2 aliphatic rings. The van der Waals surface area contributed by atoms with Gasteiger partial charge in [-0.2, -0.15) is 0 Å². The Labute approximate surface area is 158 Å². The summed E-state index contributed by atoms with van der Waals surface area (Å²) in [5.41, 5.74) is 4.13. The zero-order valence-electron chi connectivity index (χ0n) is 15.4. The molecule has 0 N–H and O–H groups in total. The van der Waals surface area contributed by atoms with Crippen LogP contribution in [-0.4, -0.2) is 25.6 Å². The van der Waals surface area contributed by atoms with Gasteiger partial charge in [-0.05, 0) is 41.8 Å². The van der Waals surface area contributed by atoms with Gasteiger partial charge < -0.3 is 9.47 Å². The number of ether oxygens (including phenoxy) is 2. The summed E-state index contributed by atoms with van der Waals surface area (Å²) in [4.78, 5) is 27.1. The van der Waals surface area contributed by atoms with Crippen molar-refractivity contribution in [1.29, 1.82) is 0 Å². The molecule has 2 heterocycles. The second-order valence-electron chi connectivity index (χ2n) is 6.72. The molecule has 2 aromatic carbocycles. The van der Waals surface area contributed by atoms with Crippen LogP contribution < -0.4 is 9.64 Å². The molecule has 1 amide bonds. The predicted octanol–water partition coefficient (Wildman–Crippen LogP) is 3.59. The maximum atomic E-state index is 13.0. The number of hydrogen-bond acceptors (Lipinski definition) is 4. The lowest BCUT2D eigenvalue weighted by atomic mass is 9.84. The molecular formula is C22H21NO4. The number of hydrogen-bond donors (Lipinski definition) is 0. The molecule has 0 saturated carbocycles. The lowest BCUT2D eigenvalue weighted by Crippen LogP contribution is -2.37. The second kappa shape index (κ2) is 6.91. The normalized spacial score (nSPS) is 19.2. The van der Waals surface area contributed by atoms with Gasteiger partial charge in [0, 0.05) is 18.0 Å². The third-order valence-electron chi connectivity index (χ3n) is 5.24. The molecule has 27 heavy (non-hydrogen) atoms. The standard InChI is InChI=1S/C22H21NO4/c1-3-14-4-8-16(9-5-14)23-19-13-27-22(25)21(19)18(12-20(23)24)15-6-10-17(26-2)11-7-15/h4-11,18H,3,12-13H2,1-2H3/t18-/m0/s1. The van der Waals surface area contributed by atoms with Gasteiger partial charge in [0.05, 0.1) is 18.4 Å². The predicted molar refractivity (Wildman–Crippen MR) is 102 cm³/mol. The van der Waals surface area contributed by atoms with Crippen molar-refractivity contribution in [2.45, 2.75) is 25.7 Å². The largest absolute Gasteiger partial charge is 0.497 e. The van der Waals surface area contributed by atoms with Crippen molar-refractivity contribution < 1.29 is 19.1 Å². The maximum absolute atomic E-state index is 13.0. The van der Waals surface area contributed by atoms with E-state index in [1.807, 2.05) is 48.5 Å². The number of esters is 1. The van der Waals surface area contributed by atoms with E-state index in [1.165, 1.54) is 5.56 Å². The quantitative estimate of drug-likeness (QED) is 0.779. The van der Waals surface area contributed by atoms with Crippen LogP contribution in [0.4, 0.5) is 5.69 Å². The highest BCUT2D eigenvalue weighted by Gasteiger charge is 2.42. The van der Waals surface area contributed by atoms with Crippen molar-refractivity contribution in [3.05, 3.63) is 70.9 Å². The van der Waals surface area contributed by atoms with Crippen LogP contribution in [0.25, 0.3) is 0 Å². The number of cyclic esters (lactones) is 1. The van der Waals surface area contributed by atoms with Crippen LogP contribution in [0, 0.1) is 0 Å². The molecule has 0 saturated heterocycles. The van der Waals surface area contributed by atoms with Crippen LogP contribution in [0.5, 0.6) is 5.75 Å². The fraction of sp³-hybridized carbons (Fsp3) is 0.273. The van der Waals surface area contributed by atoms with E-state index in [9.17, 15) is 9.59 Å². The average Bonchev–Trinajstić information content (AvgIpc) is 3.09. The Morgan fingerprint density at radius 1 is 1.07 bits per heavy atom. The van der Waals surface area contributed by atoms with E-state index in [2.05, 4.69) is 6.92 Å². The van der Waals surface area contributed by atoms with Crippen LogP contribution in [0.3, 0.4) is 0 Å². The minimum absolute atomic E-state index is 0.0304. The molecule has 0 aliphatic carbocycles. The highest BCUT2D eigenvalue weighted by Crippen LogP contribution is 2.42. The zero-order chi connectivity index (χ0) is 19.0.